The Bertz CT molecular complexity index is 447. The Balaban J connectivity index is 0.000000921. The van der Waals surface area contributed by atoms with Crippen LogP contribution in [0.4, 0.5) is 5.69 Å². The molecule has 15 heavy (non-hydrogen) atoms. The van der Waals surface area contributed by atoms with E-state index in [0.717, 1.165) is 12.1 Å². The van der Waals surface area contributed by atoms with Crippen LogP contribution in [0.1, 0.15) is 0 Å². The van der Waals surface area contributed by atoms with Crippen molar-refractivity contribution in [1.82, 2.24) is 0 Å². The molecule has 0 aliphatic rings. The van der Waals surface area contributed by atoms with E-state index in [4.69, 9.17) is 15.9 Å². The first-order valence-corrected chi connectivity index (χ1v) is 5.68. The smallest absolute Gasteiger partial charge is 0.289 e. The predicted octanol–water partition coefficient (Wildman–Crippen LogP) is 0.857. The van der Waals surface area contributed by atoms with E-state index in [1.54, 1.807) is 0 Å². The lowest BCUT2D eigenvalue weighted by atomic mass is 10.3. The Morgan fingerprint density at radius 2 is 1.80 bits per heavy atom. The van der Waals surface area contributed by atoms with Gasteiger partial charge in [-0.1, -0.05) is 12.1 Å². The fourth-order valence-corrected chi connectivity index (χ4v) is 1.84. The van der Waals surface area contributed by atoms with E-state index < -0.39 is 24.6 Å². The second-order valence-corrected chi connectivity index (χ2v) is 4.70. The summed E-state index contributed by atoms with van der Waals surface area (Å²) in [6, 6.07) is 4.89. The van der Waals surface area contributed by atoms with Crippen LogP contribution in [-0.2, 0) is 9.05 Å². The summed E-state index contributed by atoms with van der Waals surface area (Å²) < 4.78 is 21.6. The number of nitro groups is 1. The summed E-state index contributed by atoms with van der Waals surface area (Å²) in [6.45, 7) is 0. The molecule has 0 aromatic heterocycles. The molecule has 1 rings (SSSR count). The molecule has 0 radical (unpaired) electrons. The molecule has 0 saturated heterocycles. The minimum atomic E-state index is -4.05. The number of hydrogen-bond acceptors (Lipinski definition) is 6. The maximum atomic E-state index is 10.8. The number of nitrogens with two attached hydrogens (primary N) is 1. The van der Waals surface area contributed by atoms with E-state index in [1.165, 1.54) is 12.1 Å². The number of benzene rings is 1. The van der Waals surface area contributed by atoms with Gasteiger partial charge in [-0.05, 0) is 6.07 Å². The van der Waals surface area contributed by atoms with Crippen molar-refractivity contribution < 1.29 is 18.5 Å². The second-order valence-electron chi connectivity index (χ2n) is 2.16. The molecular weight excluding hydrogens is 248 g/mol. The van der Waals surface area contributed by atoms with Gasteiger partial charge in [0.15, 0.2) is 4.90 Å². The van der Waals surface area contributed by atoms with E-state index in [9.17, 15) is 18.5 Å². The van der Waals surface area contributed by atoms with Crippen molar-refractivity contribution in [3.8, 4) is 0 Å². The summed E-state index contributed by atoms with van der Waals surface area (Å²) in [6.07, 6.45) is 0. The van der Waals surface area contributed by atoms with Crippen molar-refractivity contribution in [3.05, 3.63) is 34.4 Å². The van der Waals surface area contributed by atoms with Crippen LogP contribution in [0.3, 0.4) is 0 Å². The zero-order valence-corrected chi connectivity index (χ0v) is 8.77. The highest BCUT2D eigenvalue weighted by molar-refractivity contribution is 8.13. The lowest BCUT2D eigenvalue weighted by Crippen LogP contribution is -1.97. The predicted molar refractivity (Wildman–Crippen MR) is 52.1 cm³/mol. The third kappa shape index (κ3) is 3.80. The van der Waals surface area contributed by atoms with Gasteiger partial charge in [0.05, 0.1) is 4.92 Å². The zero-order chi connectivity index (χ0) is 12.1. The van der Waals surface area contributed by atoms with Gasteiger partial charge in [-0.25, -0.2) is 14.3 Å². The molecule has 9 heteroatoms. The van der Waals surface area contributed by atoms with Gasteiger partial charge >= 0.3 is 0 Å². The monoisotopic (exact) mass is 254 g/mol. The average Bonchev–Trinajstić information content (AvgIpc) is 2.19. The van der Waals surface area contributed by atoms with Crippen molar-refractivity contribution >= 4 is 25.4 Å². The molecule has 0 fully saturated rings. The number of hydrogen-bond donors (Lipinski definition) is 2. The average molecular weight is 255 g/mol. The van der Waals surface area contributed by atoms with Crippen LogP contribution >= 0.6 is 10.7 Å². The summed E-state index contributed by atoms with van der Waals surface area (Å²) >= 11 is 0. The number of para-hydroxylation sites is 1. The number of nitrogens with zero attached hydrogens (tertiary/aromatic N) is 1. The van der Waals surface area contributed by atoms with Crippen LogP contribution in [0, 0.1) is 10.1 Å². The van der Waals surface area contributed by atoms with Gasteiger partial charge in [0.2, 0.25) is 0 Å². The van der Waals surface area contributed by atoms with E-state index >= 15 is 0 Å². The third-order valence-corrected chi connectivity index (χ3v) is 2.69. The van der Waals surface area contributed by atoms with E-state index in [-0.39, 0.29) is 0 Å². The van der Waals surface area contributed by atoms with Gasteiger partial charge in [0.25, 0.3) is 14.7 Å². The number of halogens is 1. The van der Waals surface area contributed by atoms with E-state index in [0.29, 0.717) is 0 Å². The van der Waals surface area contributed by atoms with Crippen LogP contribution in [-0.4, -0.2) is 18.5 Å². The molecule has 0 bridgehead atoms. The van der Waals surface area contributed by atoms with E-state index in [2.05, 4.69) is 5.90 Å². The quantitative estimate of drug-likeness (QED) is 0.458. The molecule has 0 atom stereocenters. The Morgan fingerprint density at radius 3 is 2.13 bits per heavy atom. The highest BCUT2D eigenvalue weighted by Gasteiger charge is 2.22. The summed E-state index contributed by atoms with van der Waals surface area (Å²) in [7, 11) is 0.928. The van der Waals surface area contributed by atoms with Crippen LogP contribution in [0.25, 0.3) is 0 Å². The molecule has 7 nitrogen and oxygen atoms in total. The maximum Gasteiger partial charge on any atom is 0.289 e. The number of rotatable bonds is 2. The van der Waals surface area contributed by atoms with Crippen molar-refractivity contribution in [1.29, 1.82) is 0 Å². The summed E-state index contributed by atoms with van der Waals surface area (Å²) in [5, 5.41) is 16.9. The molecule has 0 amide bonds. The fraction of sp³-hybridized carbons (Fsp3) is 0. The molecular formula is C6H7ClN2O5S. The van der Waals surface area contributed by atoms with Crippen LogP contribution in [0.5, 0.6) is 0 Å². The van der Waals surface area contributed by atoms with Crippen molar-refractivity contribution in [3.63, 3.8) is 0 Å². The van der Waals surface area contributed by atoms with Crippen LogP contribution in [0.2, 0.25) is 0 Å². The minimum absolute atomic E-state index is 0.485. The van der Waals surface area contributed by atoms with Gasteiger partial charge in [-0.3, -0.25) is 10.1 Å². The first-order valence-electron chi connectivity index (χ1n) is 3.37. The number of nitro benzene ring substituents is 1. The molecule has 0 heterocycles. The van der Waals surface area contributed by atoms with Crippen molar-refractivity contribution in [2.24, 2.45) is 5.90 Å². The highest BCUT2D eigenvalue weighted by atomic mass is 35.7. The van der Waals surface area contributed by atoms with Gasteiger partial charge < -0.3 is 5.21 Å². The largest absolute Gasteiger partial charge is 0.320 e. The Labute approximate surface area is 89.6 Å². The molecule has 0 saturated carbocycles. The molecule has 84 valence electrons. The summed E-state index contributed by atoms with van der Waals surface area (Å²) in [4.78, 5) is 9.07. The Morgan fingerprint density at radius 1 is 1.33 bits per heavy atom. The maximum absolute atomic E-state index is 10.8. The molecule has 0 spiro atoms. The molecule has 1 aromatic carbocycles. The van der Waals surface area contributed by atoms with Crippen molar-refractivity contribution in [2.45, 2.75) is 4.90 Å². The minimum Gasteiger partial charge on any atom is -0.320 e. The second kappa shape index (κ2) is 5.61. The standard InChI is InChI=1S/C6H4ClNO4S.H3NO/c7-13(11,12)6-4-2-1-3-5(6)8(9)10;1-2/h1-4H;2H,1H2. The van der Waals surface area contributed by atoms with Gasteiger partial charge in [0, 0.05) is 16.7 Å². The topological polar surface area (TPSA) is 124 Å². The zero-order valence-electron chi connectivity index (χ0n) is 7.20. The SMILES string of the molecule is NO.O=[N+]([O-])c1ccccc1S(=O)(=O)Cl. The lowest BCUT2D eigenvalue weighted by molar-refractivity contribution is -0.387. The van der Waals surface area contributed by atoms with Crippen molar-refractivity contribution in [2.75, 3.05) is 0 Å². The van der Waals surface area contributed by atoms with Gasteiger partial charge in [-0.2, -0.15) is 0 Å². The lowest BCUT2D eigenvalue weighted by Gasteiger charge is -1.96. The van der Waals surface area contributed by atoms with Crippen LogP contribution < -0.4 is 5.90 Å². The first kappa shape index (κ1) is 13.8. The normalized spacial score (nSPS) is 10.1. The summed E-state index contributed by atoms with van der Waals surface area (Å²) in [5.41, 5.74) is -0.516. The van der Waals surface area contributed by atoms with E-state index in [1.807, 2.05) is 0 Å². The molecule has 3 N–H and O–H groups in total. The highest BCUT2D eigenvalue weighted by Crippen LogP contribution is 2.25. The molecule has 1 aromatic rings. The molecule has 0 aliphatic heterocycles. The first-order chi connectivity index (χ1) is 6.93. The van der Waals surface area contributed by atoms with Gasteiger partial charge in [0.1, 0.15) is 0 Å². The third-order valence-electron chi connectivity index (χ3n) is 1.32. The molecule has 0 aliphatic carbocycles. The molecule has 0 unspecified atom stereocenters. The van der Waals surface area contributed by atoms with Gasteiger partial charge in [-0.15, -0.1) is 0 Å². The van der Waals surface area contributed by atoms with Crippen LogP contribution in [0.15, 0.2) is 29.2 Å². The fourth-order valence-electron chi connectivity index (χ4n) is 0.814. The summed E-state index contributed by atoms with van der Waals surface area (Å²) in [5.74, 6) is 3.50. The Hall–Kier alpha value is -1.22. The Kier molecular flexibility index (Phi) is 5.15.